The van der Waals surface area contributed by atoms with Gasteiger partial charge in [0.1, 0.15) is 0 Å². The van der Waals surface area contributed by atoms with Crippen LogP contribution in [0.2, 0.25) is 0 Å². The molecule has 2 atom stereocenters. The van der Waals surface area contributed by atoms with Crippen molar-refractivity contribution in [3.63, 3.8) is 0 Å². The van der Waals surface area contributed by atoms with E-state index < -0.39 is 0 Å². The molecule has 0 heteroatoms. The van der Waals surface area contributed by atoms with Gasteiger partial charge in [0.2, 0.25) is 0 Å². The second kappa shape index (κ2) is 3.16. The topological polar surface area (TPSA) is 0 Å². The summed E-state index contributed by atoms with van der Waals surface area (Å²) in [6.45, 7) is 9.65. The Morgan fingerprint density at radius 1 is 0.909 bits per heavy atom. The van der Waals surface area contributed by atoms with Gasteiger partial charge in [-0.05, 0) is 30.1 Å². The Morgan fingerprint density at radius 2 is 1.27 bits per heavy atom. The largest absolute Gasteiger partial charge is 0.0625 e. The third kappa shape index (κ3) is 2.84. The first-order chi connectivity index (χ1) is 4.99. The van der Waals surface area contributed by atoms with Crippen molar-refractivity contribution in [1.29, 1.82) is 0 Å². The summed E-state index contributed by atoms with van der Waals surface area (Å²) < 4.78 is 0. The zero-order chi connectivity index (χ0) is 8.48. The van der Waals surface area contributed by atoms with Crippen LogP contribution in [0.25, 0.3) is 0 Å². The third-order valence-electron chi connectivity index (χ3n) is 2.95. The fourth-order valence-electron chi connectivity index (χ4n) is 2.74. The van der Waals surface area contributed by atoms with Gasteiger partial charge in [-0.2, -0.15) is 0 Å². The minimum absolute atomic E-state index is 0.606. The van der Waals surface area contributed by atoms with Crippen molar-refractivity contribution in [2.75, 3.05) is 0 Å². The lowest BCUT2D eigenvalue weighted by atomic mass is 9.80. The van der Waals surface area contributed by atoms with Crippen molar-refractivity contribution in [2.45, 2.75) is 53.4 Å². The van der Waals surface area contributed by atoms with Crippen LogP contribution in [0, 0.1) is 17.3 Å². The van der Waals surface area contributed by atoms with Crippen LogP contribution < -0.4 is 0 Å². The Bertz CT molecular complexity index is 110. The molecule has 0 aromatic carbocycles. The van der Waals surface area contributed by atoms with Crippen LogP contribution in [0.1, 0.15) is 53.4 Å². The molecule has 0 aromatic rings. The average Bonchev–Trinajstić information content (AvgIpc) is 1.89. The smallest absolute Gasteiger partial charge is 0.0349 e. The van der Waals surface area contributed by atoms with Gasteiger partial charge in [-0.1, -0.05) is 40.5 Å². The summed E-state index contributed by atoms with van der Waals surface area (Å²) in [5.41, 5.74) is 0.606. The Kier molecular flexibility index (Phi) is 2.61. The molecule has 0 amide bonds. The molecule has 0 saturated heterocycles. The van der Waals surface area contributed by atoms with Gasteiger partial charge >= 0.3 is 0 Å². The van der Waals surface area contributed by atoms with Crippen LogP contribution in [0.4, 0.5) is 0 Å². The van der Waals surface area contributed by atoms with Crippen LogP contribution in [-0.4, -0.2) is 0 Å². The second-order valence-electron chi connectivity index (χ2n) is 5.36. The Morgan fingerprint density at radius 3 is 1.64 bits per heavy atom. The van der Waals surface area contributed by atoms with E-state index in [4.69, 9.17) is 0 Å². The van der Waals surface area contributed by atoms with Crippen LogP contribution in [0.5, 0.6) is 0 Å². The molecule has 1 aliphatic rings. The highest BCUT2D eigenvalue weighted by Crippen LogP contribution is 2.39. The molecular weight excluding hydrogens is 132 g/mol. The van der Waals surface area contributed by atoms with Crippen molar-refractivity contribution < 1.29 is 0 Å². The molecular formula is C11H22. The van der Waals surface area contributed by atoms with Crippen LogP contribution in [0.3, 0.4) is 0 Å². The zero-order valence-corrected chi connectivity index (χ0v) is 8.48. The van der Waals surface area contributed by atoms with E-state index in [1.807, 2.05) is 0 Å². The van der Waals surface area contributed by atoms with Crippen molar-refractivity contribution in [1.82, 2.24) is 0 Å². The van der Waals surface area contributed by atoms with E-state index in [0.29, 0.717) is 5.41 Å². The number of hydrogen-bond donors (Lipinski definition) is 0. The van der Waals surface area contributed by atoms with E-state index in [1.165, 1.54) is 25.7 Å². The second-order valence-corrected chi connectivity index (χ2v) is 5.36. The zero-order valence-electron chi connectivity index (χ0n) is 8.48. The quantitative estimate of drug-likeness (QED) is 0.465. The van der Waals surface area contributed by atoms with E-state index >= 15 is 0 Å². The van der Waals surface area contributed by atoms with Gasteiger partial charge in [0.15, 0.2) is 0 Å². The molecule has 0 bridgehead atoms. The van der Waals surface area contributed by atoms with Gasteiger partial charge in [-0.3, -0.25) is 0 Å². The normalized spacial score (nSPS) is 38.2. The molecule has 2 unspecified atom stereocenters. The maximum Gasteiger partial charge on any atom is -0.0349 e. The highest BCUT2D eigenvalue weighted by Gasteiger charge is 2.26. The molecule has 1 rings (SSSR count). The lowest BCUT2D eigenvalue weighted by Crippen LogP contribution is -2.14. The van der Waals surface area contributed by atoms with Crippen LogP contribution >= 0.6 is 0 Å². The third-order valence-corrected chi connectivity index (χ3v) is 2.95. The van der Waals surface area contributed by atoms with Crippen molar-refractivity contribution >= 4 is 0 Å². The first kappa shape index (κ1) is 9.09. The molecule has 0 heterocycles. The van der Waals surface area contributed by atoms with Crippen LogP contribution in [0.15, 0.2) is 0 Å². The molecule has 66 valence electrons. The molecule has 0 N–H and O–H groups in total. The van der Waals surface area contributed by atoms with Gasteiger partial charge < -0.3 is 0 Å². The van der Waals surface area contributed by atoms with Crippen molar-refractivity contribution in [2.24, 2.45) is 17.3 Å². The Labute approximate surface area is 71.4 Å². The summed E-state index contributed by atoms with van der Waals surface area (Å²) in [4.78, 5) is 0. The van der Waals surface area contributed by atoms with Gasteiger partial charge in [-0.25, -0.2) is 0 Å². The number of hydrogen-bond acceptors (Lipinski definition) is 0. The first-order valence-corrected chi connectivity index (χ1v) is 4.99. The highest BCUT2D eigenvalue weighted by atomic mass is 14.3. The Balaban J connectivity index is 2.55. The van der Waals surface area contributed by atoms with Gasteiger partial charge in [0.05, 0.1) is 0 Å². The van der Waals surface area contributed by atoms with E-state index in [2.05, 4.69) is 27.7 Å². The molecule has 1 saturated carbocycles. The van der Waals surface area contributed by atoms with E-state index in [0.717, 1.165) is 11.8 Å². The lowest BCUT2D eigenvalue weighted by Gasteiger charge is -2.26. The summed E-state index contributed by atoms with van der Waals surface area (Å²) in [5.74, 6) is 1.91. The minimum Gasteiger partial charge on any atom is -0.0625 e. The molecule has 0 aromatic heterocycles. The fraction of sp³-hybridized carbons (Fsp3) is 1.00. The van der Waals surface area contributed by atoms with Gasteiger partial charge in [0, 0.05) is 0 Å². The molecule has 0 nitrogen and oxygen atoms in total. The summed E-state index contributed by atoms with van der Waals surface area (Å²) in [6.07, 6.45) is 5.75. The van der Waals surface area contributed by atoms with Gasteiger partial charge in [0.25, 0.3) is 0 Å². The van der Waals surface area contributed by atoms with E-state index in [-0.39, 0.29) is 0 Å². The summed E-state index contributed by atoms with van der Waals surface area (Å²) in [5, 5.41) is 0. The molecule has 0 radical (unpaired) electrons. The standard InChI is InChI=1S/C11H22/c1-9-5-6-10(2)8-11(3,4)7-9/h9-10H,5-8H2,1-4H3. The molecule has 0 aliphatic heterocycles. The average molecular weight is 154 g/mol. The molecule has 1 fully saturated rings. The summed E-state index contributed by atoms with van der Waals surface area (Å²) >= 11 is 0. The lowest BCUT2D eigenvalue weighted by molar-refractivity contribution is 0.255. The highest BCUT2D eigenvalue weighted by molar-refractivity contribution is 4.78. The van der Waals surface area contributed by atoms with E-state index in [9.17, 15) is 0 Å². The van der Waals surface area contributed by atoms with Crippen molar-refractivity contribution in [3.05, 3.63) is 0 Å². The first-order valence-electron chi connectivity index (χ1n) is 4.99. The predicted molar refractivity (Wildman–Crippen MR) is 50.6 cm³/mol. The maximum absolute atomic E-state index is 2.42. The maximum atomic E-state index is 2.42. The molecule has 1 aliphatic carbocycles. The van der Waals surface area contributed by atoms with Gasteiger partial charge in [-0.15, -0.1) is 0 Å². The van der Waals surface area contributed by atoms with Crippen molar-refractivity contribution in [3.8, 4) is 0 Å². The fourth-order valence-corrected chi connectivity index (χ4v) is 2.74. The summed E-state index contributed by atoms with van der Waals surface area (Å²) in [6, 6.07) is 0. The molecule has 11 heavy (non-hydrogen) atoms. The number of rotatable bonds is 0. The predicted octanol–water partition coefficient (Wildman–Crippen LogP) is 3.86. The Hall–Kier alpha value is 0. The SMILES string of the molecule is CC1CCC(C)CC(C)(C)C1. The summed E-state index contributed by atoms with van der Waals surface area (Å²) in [7, 11) is 0. The monoisotopic (exact) mass is 154 g/mol. The van der Waals surface area contributed by atoms with Crippen LogP contribution in [-0.2, 0) is 0 Å². The molecule has 0 spiro atoms. The minimum atomic E-state index is 0.606. The van der Waals surface area contributed by atoms with E-state index in [1.54, 1.807) is 0 Å².